The molecule has 4 rings (SSSR count). The zero-order chi connectivity index (χ0) is 17.4. The highest BCUT2D eigenvalue weighted by Gasteiger charge is 2.20. The highest BCUT2D eigenvalue weighted by Crippen LogP contribution is 2.28. The number of rotatable bonds is 5. The standard InChI is InChI=1S/C18H17F2N5/c1-11-4-15(22-14-2-3-14)9-16(5-11)23-18-21-10-25(24-18)17-7-12(19)6-13(20)8-17/h4-10,14,22H,2-3H2,1H3,(H,23,24). The molecule has 1 saturated carbocycles. The van der Waals surface area contributed by atoms with Crippen molar-refractivity contribution in [2.45, 2.75) is 25.8 Å². The van der Waals surface area contributed by atoms with Crippen LogP contribution in [0.3, 0.4) is 0 Å². The number of hydrogen-bond donors (Lipinski definition) is 2. The van der Waals surface area contributed by atoms with Gasteiger partial charge in [-0.25, -0.2) is 13.5 Å². The Bertz CT molecular complexity index is 897. The summed E-state index contributed by atoms with van der Waals surface area (Å²) in [6.45, 7) is 2.02. The third kappa shape index (κ3) is 3.76. The Morgan fingerprint density at radius 3 is 2.44 bits per heavy atom. The number of nitrogens with zero attached hydrogens (tertiary/aromatic N) is 3. The van der Waals surface area contributed by atoms with Crippen LogP contribution in [0, 0.1) is 18.6 Å². The quantitative estimate of drug-likeness (QED) is 0.731. The molecule has 2 aromatic carbocycles. The summed E-state index contributed by atoms with van der Waals surface area (Å²) < 4.78 is 28.0. The maximum absolute atomic E-state index is 13.3. The number of anilines is 3. The average molecular weight is 341 g/mol. The van der Waals surface area contributed by atoms with Crippen molar-refractivity contribution >= 4 is 17.3 Å². The SMILES string of the molecule is Cc1cc(Nc2ncn(-c3cc(F)cc(F)c3)n2)cc(NC2CC2)c1. The van der Waals surface area contributed by atoms with Crippen molar-refractivity contribution in [1.29, 1.82) is 0 Å². The van der Waals surface area contributed by atoms with E-state index in [4.69, 9.17) is 0 Å². The molecule has 25 heavy (non-hydrogen) atoms. The molecule has 0 aliphatic heterocycles. The molecule has 5 nitrogen and oxygen atoms in total. The van der Waals surface area contributed by atoms with E-state index in [9.17, 15) is 8.78 Å². The van der Waals surface area contributed by atoms with Crippen LogP contribution in [-0.2, 0) is 0 Å². The molecule has 0 bridgehead atoms. The zero-order valence-electron chi connectivity index (χ0n) is 13.6. The minimum Gasteiger partial charge on any atom is -0.382 e. The van der Waals surface area contributed by atoms with Crippen LogP contribution in [0.1, 0.15) is 18.4 Å². The van der Waals surface area contributed by atoms with E-state index in [0.717, 1.165) is 23.0 Å². The Labute approximate surface area is 143 Å². The van der Waals surface area contributed by atoms with Gasteiger partial charge in [-0.05, 0) is 55.7 Å². The molecule has 0 amide bonds. The zero-order valence-corrected chi connectivity index (χ0v) is 13.6. The van der Waals surface area contributed by atoms with Crippen LogP contribution < -0.4 is 10.6 Å². The summed E-state index contributed by atoms with van der Waals surface area (Å²) in [5.74, 6) is -0.961. The molecule has 1 aliphatic carbocycles. The first-order valence-corrected chi connectivity index (χ1v) is 8.08. The minimum atomic E-state index is -0.658. The number of benzene rings is 2. The summed E-state index contributed by atoms with van der Waals surface area (Å²) in [6.07, 6.45) is 3.81. The molecule has 1 aromatic heterocycles. The van der Waals surface area contributed by atoms with Gasteiger partial charge in [-0.2, -0.15) is 4.98 Å². The lowest BCUT2D eigenvalue weighted by Crippen LogP contribution is -2.02. The first-order valence-electron chi connectivity index (χ1n) is 8.08. The fourth-order valence-electron chi connectivity index (χ4n) is 2.65. The van der Waals surface area contributed by atoms with Crippen LogP contribution in [0.15, 0.2) is 42.7 Å². The first-order chi connectivity index (χ1) is 12.0. The Kier molecular flexibility index (Phi) is 3.83. The second-order valence-corrected chi connectivity index (χ2v) is 6.27. The summed E-state index contributed by atoms with van der Waals surface area (Å²) in [5.41, 5.74) is 3.29. The first kappa shape index (κ1) is 15.6. The van der Waals surface area contributed by atoms with Crippen molar-refractivity contribution in [2.24, 2.45) is 0 Å². The number of halogens is 2. The molecule has 0 radical (unpaired) electrons. The van der Waals surface area contributed by atoms with Gasteiger partial charge in [0.25, 0.3) is 0 Å². The minimum absolute atomic E-state index is 0.276. The molecular formula is C18H17F2N5. The smallest absolute Gasteiger partial charge is 0.246 e. The highest BCUT2D eigenvalue weighted by molar-refractivity contribution is 5.63. The molecule has 128 valence electrons. The number of nitrogens with one attached hydrogen (secondary N) is 2. The van der Waals surface area contributed by atoms with E-state index in [1.807, 2.05) is 19.1 Å². The monoisotopic (exact) mass is 341 g/mol. The number of hydrogen-bond acceptors (Lipinski definition) is 4. The van der Waals surface area contributed by atoms with Crippen molar-refractivity contribution in [3.05, 3.63) is 59.9 Å². The van der Waals surface area contributed by atoms with Gasteiger partial charge in [0.2, 0.25) is 5.95 Å². The van der Waals surface area contributed by atoms with E-state index in [2.05, 4.69) is 26.8 Å². The van der Waals surface area contributed by atoms with Gasteiger partial charge in [-0.15, -0.1) is 5.10 Å². The van der Waals surface area contributed by atoms with E-state index >= 15 is 0 Å². The summed E-state index contributed by atoms with van der Waals surface area (Å²) in [5, 5.41) is 10.8. The van der Waals surface area contributed by atoms with Crippen LogP contribution in [0.4, 0.5) is 26.1 Å². The maximum Gasteiger partial charge on any atom is 0.246 e. The van der Waals surface area contributed by atoms with Crippen LogP contribution in [0.5, 0.6) is 0 Å². The normalized spacial score (nSPS) is 13.7. The van der Waals surface area contributed by atoms with Crippen LogP contribution in [-0.4, -0.2) is 20.8 Å². The van der Waals surface area contributed by atoms with Crippen LogP contribution in [0.2, 0.25) is 0 Å². The van der Waals surface area contributed by atoms with Crippen molar-refractivity contribution in [3.63, 3.8) is 0 Å². The Morgan fingerprint density at radius 2 is 1.72 bits per heavy atom. The van der Waals surface area contributed by atoms with Gasteiger partial charge in [0, 0.05) is 23.5 Å². The molecule has 0 saturated heterocycles. The van der Waals surface area contributed by atoms with Gasteiger partial charge < -0.3 is 10.6 Å². The topological polar surface area (TPSA) is 54.8 Å². The Hall–Kier alpha value is -2.96. The maximum atomic E-state index is 13.3. The molecular weight excluding hydrogens is 324 g/mol. The van der Waals surface area contributed by atoms with Gasteiger partial charge in [0.1, 0.15) is 18.0 Å². The molecule has 0 unspecified atom stereocenters. The fraction of sp³-hybridized carbons (Fsp3) is 0.222. The van der Waals surface area contributed by atoms with Gasteiger partial charge in [0.15, 0.2) is 0 Å². The third-order valence-electron chi connectivity index (χ3n) is 3.89. The van der Waals surface area contributed by atoms with Crippen molar-refractivity contribution < 1.29 is 8.78 Å². The second kappa shape index (κ2) is 6.16. The predicted molar refractivity (Wildman–Crippen MR) is 92.4 cm³/mol. The van der Waals surface area contributed by atoms with E-state index in [1.54, 1.807) is 0 Å². The van der Waals surface area contributed by atoms with Crippen LogP contribution in [0.25, 0.3) is 5.69 Å². The van der Waals surface area contributed by atoms with Gasteiger partial charge in [-0.1, -0.05) is 0 Å². The average Bonchev–Trinajstić information content (AvgIpc) is 3.21. The molecule has 0 spiro atoms. The van der Waals surface area contributed by atoms with Gasteiger partial charge >= 0.3 is 0 Å². The Morgan fingerprint density at radius 1 is 1.00 bits per heavy atom. The van der Waals surface area contributed by atoms with E-state index in [-0.39, 0.29) is 5.69 Å². The summed E-state index contributed by atoms with van der Waals surface area (Å²) >= 11 is 0. The van der Waals surface area contributed by atoms with Gasteiger partial charge in [0.05, 0.1) is 5.69 Å². The molecule has 3 aromatic rings. The van der Waals surface area contributed by atoms with Crippen molar-refractivity contribution in [2.75, 3.05) is 10.6 Å². The van der Waals surface area contributed by atoms with E-state index < -0.39 is 11.6 Å². The molecule has 1 aliphatic rings. The highest BCUT2D eigenvalue weighted by atomic mass is 19.1. The molecule has 7 heteroatoms. The predicted octanol–water partition coefficient (Wildman–Crippen LogP) is 4.17. The Balaban J connectivity index is 1.55. The second-order valence-electron chi connectivity index (χ2n) is 6.27. The molecule has 2 N–H and O–H groups in total. The van der Waals surface area contributed by atoms with Crippen molar-refractivity contribution in [1.82, 2.24) is 14.8 Å². The van der Waals surface area contributed by atoms with Crippen LogP contribution >= 0.6 is 0 Å². The van der Waals surface area contributed by atoms with E-state index in [0.29, 0.717) is 12.0 Å². The number of aryl methyl sites for hydroxylation is 1. The molecule has 0 atom stereocenters. The van der Waals surface area contributed by atoms with Crippen molar-refractivity contribution in [3.8, 4) is 5.69 Å². The molecule has 1 fully saturated rings. The molecule has 1 heterocycles. The lowest BCUT2D eigenvalue weighted by Gasteiger charge is -2.09. The summed E-state index contributed by atoms with van der Waals surface area (Å²) in [4.78, 5) is 4.16. The lowest BCUT2D eigenvalue weighted by molar-refractivity contribution is 0.580. The van der Waals surface area contributed by atoms with E-state index in [1.165, 1.54) is 36.0 Å². The fourth-order valence-corrected chi connectivity index (χ4v) is 2.65. The summed E-state index contributed by atoms with van der Waals surface area (Å²) in [7, 11) is 0. The summed E-state index contributed by atoms with van der Waals surface area (Å²) in [6, 6.07) is 9.85. The largest absolute Gasteiger partial charge is 0.382 e. The van der Waals surface area contributed by atoms with Gasteiger partial charge in [-0.3, -0.25) is 0 Å². The number of aromatic nitrogens is 3. The lowest BCUT2D eigenvalue weighted by atomic mass is 10.2. The third-order valence-corrected chi connectivity index (χ3v) is 3.89.